The second-order valence-electron chi connectivity index (χ2n) is 7.49. The Morgan fingerprint density at radius 2 is 1.57 bits per heavy atom. The van der Waals surface area contributed by atoms with Gasteiger partial charge in [-0.25, -0.2) is 4.79 Å². The minimum atomic E-state index is -0.672. The van der Waals surface area contributed by atoms with E-state index in [1.165, 1.54) is 32.1 Å². The molecule has 0 saturated heterocycles. The third kappa shape index (κ3) is 9.54. The zero-order valence-corrected chi connectivity index (χ0v) is 17.9. The van der Waals surface area contributed by atoms with Crippen LogP contribution >= 0.6 is 0 Å². The van der Waals surface area contributed by atoms with E-state index in [4.69, 9.17) is 0 Å². The molecule has 1 atom stereocenters. The average Bonchev–Trinajstić information content (AvgIpc) is 2.76. The first-order valence-corrected chi connectivity index (χ1v) is 11.0. The molecular weight excluding hydrogens is 376 g/mol. The molecule has 2 aromatic rings. The lowest BCUT2D eigenvalue weighted by molar-refractivity contribution is -0.117. The lowest BCUT2D eigenvalue weighted by atomic mass is 10.1. The second kappa shape index (κ2) is 14.1. The number of hydrogen-bond acceptors (Lipinski definition) is 3. The molecule has 0 aliphatic rings. The summed E-state index contributed by atoms with van der Waals surface area (Å²) in [6, 6.07) is 12.1. The van der Waals surface area contributed by atoms with E-state index < -0.39 is 6.04 Å². The minimum Gasteiger partial charge on any atom is -0.338 e. The number of unbranched alkanes of at least 4 members (excludes halogenated alkanes) is 6. The predicted octanol–water partition coefficient (Wildman–Crippen LogP) is 4.68. The summed E-state index contributed by atoms with van der Waals surface area (Å²) < 4.78 is 0. The number of benzene rings is 1. The summed E-state index contributed by atoms with van der Waals surface area (Å²) in [6.45, 7) is 2.83. The van der Waals surface area contributed by atoms with Crippen LogP contribution in [0.1, 0.15) is 57.4 Å². The van der Waals surface area contributed by atoms with Crippen LogP contribution in [0, 0.1) is 0 Å². The Morgan fingerprint density at radius 1 is 0.900 bits per heavy atom. The minimum absolute atomic E-state index is 0.254. The van der Waals surface area contributed by atoms with Crippen LogP contribution in [0.15, 0.2) is 54.9 Å². The van der Waals surface area contributed by atoms with Gasteiger partial charge >= 0.3 is 6.03 Å². The summed E-state index contributed by atoms with van der Waals surface area (Å²) in [5.74, 6) is -0.254. The van der Waals surface area contributed by atoms with Crippen molar-refractivity contribution in [2.45, 2.75) is 64.3 Å². The van der Waals surface area contributed by atoms with Crippen LogP contribution in [0.25, 0.3) is 0 Å². The van der Waals surface area contributed by atoms with Gasteiger partial charge in [0.15, 0.2) is 0 Å². The maximum absolute atomic E-state index is 12.8. The largest absolute Gasteiger partial charge is 0.338 e. The molecule has 0 aliphatic heterocycles. The van der Waals surface area contributed by atoms with Crippen LogP contribution in [0.2, 0.25) is 0 Å². The molecule has 0 bridgehead atoms. The van der Waals surface area contributed by atoms with Gasteiger partial charge in [0.05, 0.1) is 0 Å². The molecule has 30 heavy (non-hydrogen) atoms. The molecule has 0 radical (unpaired) electrons. The van der Waals surface area contributed by atoms with E-state index in [1.54, 1.807) is 24.5 Å². The second-order valence-corrected chi connectivity index (χ2v) is 7.49. The Kier molecular flexibility index (Phi) is 11.0. The number of nitrogens with one attached hydrogen (secondary N) is 3. The van der Waals surface area contributed by atoms with Crippen LogP contribution in [0.4, 0.5) is 10.5 Å². The highest BCUT2D eigenvalue weighted by Gasteiger charge is 2.21. The third-order valence-corrected chi connectivity index (χ3v) is 4.92. The lowest BCUT2D eigenvalue weighted by Gasteiger charge is -2.19. The number of pyridine rings is 1. The van der Waals surface area contributed by atoms with Crippen molar-refractivity contribution in [3.05, 3.63) is 60.4 Å². The Hall–Kier alpha value is -2.89. The van der Waals surface area contributed by atoms with Crippen LogP contribution < -0.4 is 16.0 Å². The maximum Gasteiger partial charge on any atom is 0.315 e. The topological polar surface area (TPSA) is 83.1 Å². The smallest absolute Gasteiger partial charge is 0.315 e. The highest BCUT2D eigenvalue weighted by Crippen LogP contribution is 2.09. The SMILES string of the molecule is CCCCCCCCCNC(=O)N[C@@H](Cc1ccccc1)C(=O)Nc1ccncc1. The first-order chi connectivity index (χ1) is 14.7. The summed E-state index contributed by atoms with van der Waals surface area (Å²) in [5.41, 5.74) is 1.64. The van der Waals surface area contributed by atoms with Gasteiger partial charge in [-0.1, -0.05) is 75.8 Å². The van der Waals surface area contributed by atoms with Gasteiger partial charge in [-0.2, -0.15) is 0 Å². The van der Waals surface area contributed by atoms with Crippen molar-refractivity contribution in [2.75, 3.05) is 11.9 Å². The number of anilines is 1. The molecule has 3 amide bonds. The van der Waals surface area contributed by atoms with Crippen molar-refractivity contribution < 1.29 is 9.59 Å². The summed E-state index contributed by atoms with van der Waals surface area (Å²) >= 11 is 0. The van der Waals surface area contributed by atoms with E-state index in [0.717, 1.165) is 18.4 Å². The molecule has 1 aromatic carbocycles. The van der Waals surface area contributed by atoms with Gasteiger partial charge in [0.1, 0.15) is 6.04 Å². The van der Waals surface area contributed by atoms with Gasteiger partial charge in [0, 0.05) is 31.0 Å². The number of rotatable bonds is 13. The lowest BCUT2D eigenvalue weighted by Crippen LogP contribution is -2.49. The zero-order chi connectivity index (χ0) is 21.4. The summed E-state index contributed by atoms with van der Waals surface area (Å²) in [5, 5.41) is 8.55. The van der Waals surface area contributed by atoms with Crippen LogP contribution in [-0.2, 0) is 11.2 Å². The van der Waals surface area contributed by atoms with Gasteiger partial charge in [0.2, 0.25) is 5.91 Å². The highest BCUT2D eigenvalue weighted by atomic mass is 16.2. The molecule has 6 nitrogen and oxygen atoms in total. The Balaban J connectivity index is 1.81. The fourth-order valence-corrected chi connectivity index (χ4v) is 3.22. The number of urea groups is 1. The Morgan fingerprint density at radius 3 is 2.27 bits per heavy atom. The number of hydrogen-bond donors (Lipinski definition) is 3. The van der Waals surface area contributed by atoms with E-state index in [1.807, 2.05) is 30.3 Å². The van der Waals surface area contributed by atoms with Gasteiger partial charge in [-0.05, 0) is 24.1 Å². The van der Waals surface area contributed by atoms with Crippen molar-refractivity contribution in [3.8, 4) is 0 Å². The number of amides is 3. The summed E-state index contributed by atoms with van der Waals surface area (Å²) in [6.07, 6.45) is 12.0. The van der Waals surface area contributed by atoms with E-state index in [-0.39, 0.29) is 11.9 Å². The molecule has 0 fully saturated rings. The van der Waals surface area contributed by atoms with Crippen molar-refractivity contribution >= 4 is 17.6 Å². The van der Waals surface area contributed by atoms with Crippen molar-refractivity contribution in [1.29, 1.82) is 0 Å². The molecule has 0 spiro atoms. The molecule has 2 rings (SSSR count). The van der Waals surface area contributed by atoms with Crippen LogP contribution in [0.3, 0.4) is 0 Å². The summed E-state index contributed by atoms with van der Waals surface area (Å²) in [7, 11) is 0. The van der Waals surface area contributed by atoms with Crippen LogP contribution in [-0.4, -0.2) is 29.5 Å². The molecule has 1 aromatic heterocycles. The van der Waals surface area contributed by atoms with Crippen molar-refractivity contribution in [1.82, 2.24) is 15.6 Å². The first-order valence-electron chi connectivity index (χ1n) is 11.0. The van der Waals surface area contributed by atoms with Crippen molar-refractivity contribution in [2.24, 2.45) is 0 Å². The van der Waals surface area contributed by atoms with E-state index in [9.17, 15) is 9.59 Å². The van der Waals surface area contributed by atoms with Crippen molar-refractivity contribution in [3.63, 3.8) is 0 Å². The number of carbonyl (C=O) groups excluding carboxylic acids is 2. The Labute approximate surface area is 179 Å². The molecule has 6 heteroatoms. The van der Waals surface area contributed by atoms with Gasteiger partial charge in [-0.15, -0.1) is 0 Å². The van der Waals surface area contributed by atoms with E-state index >= 15 is 0 Å². The fourth-order valence-electron chi connectivity index (χ4n) is 3.22. The van der Waals surface area contributed by atoms with E-state index in [2.05, 4.69) is 27.9 Å². The molecular formula is C24H34N4O2. The average molecular weight is 411 g/mol. The fraction of sp³-hybridized carbons (Fsp3) is 0.458. The molecule has 0 unspecified atom stereocenters. The number of carbonyl (C=O) groups is 2. The van der Waals surface area contributed by atoms with E-state index in [0.29, 0.717) is 18.7 Å². The number of aromatic nitrogens is 1. The third-order valence-electron chi connectivity index (χ3n) is 4.92. The standard InChI is InChI=1S/C24H34N4O2/c1-2-3-4-5-6-7-11-16-26-24(30)28-22(19-20-12-9-8-10-13-20)23(29)27-21-14-17-25-18-15-21/h8-10,12-15,17-18,22H,2-7,11,16,19H2,1H3,(H,25,27,29)(H2,26,28,30)/t22-/m0/s1. The maximum atomic E-state index is 12.8. The first kappa shape index (κ1) is 23.4. The zero-order valence-electron chi connectivity index (χ0n) is 17.9. The molecule has 0 aliphatic carbocycles. The van der Waals surface area contributed by atoms with Gasteiger partial charge < -0.3 is 16.0 Å². The van der Waals surface area contributed by atoms with Gasteiger partial charge in [-0.3, -0.25) is 9.78 Å². The normalized spacial score (nSPS) is 11.5. The number of nitrogens with zero attached hydrogens (tertiary/aromatic N) is 1. The monoisotopic (exact) mass is 410 g/mol. The molecule has 162 valence electrons. The van der Waals surface area contributed by atoms with Crippen LogP contribution in [0.5, 0.6) is 0 Å². The van der Waals surface area contributed by atoms with Gasteiger partial charge in [0.25, 0.3) is 0 Å². The summed E-state index contributed by atoms with van der Waals surface area (Å²) in [4.78, 5) is 29.1. The molecule has 0 saturated carbocycles. The Bertz CT molecular complexity index is 737. The molecule has 1 heterocycles. The predicted molar refractivity (Wildman–Crippen MR) is 121 cm³/mol. The quantitative estimate of drug-likeness (QED) is 0.419. The molecule has 3 N–H and O–H groups in total. The highest BCUT2D eigenvalue weighted by molar-refractivity contribution is 5.97.